The first-order valence-corrected chi connectivity index (χ1v) is 5.81. The molecule has 18 heavy (non-hydrogen) atoms. The topological polar surface area (TPSA) is 53.7 Å². The second-order valence-corrected chi connectivity index (χ2v) is 4.29. The average Bonchev–Trinajstić information content (AvgIpc) is 2.73. The van der Waals surface area contributed by atoms with E-state index in [9.17, 15) is 0 Å². The Kier molecular flexibility index (Phi) is 2.41. The normalized spacial score (nSPS) is 14.3. The van der Waals surface area contributed by atoms with E-state index in [4.69, 9.17) is 5.11 Å². The van der Waals surface area contributed by atoms with Crippen molar-refractivity contribution in [3.63, 3.8) is 0 Å². The predicted octanol–water partition coefficient (Wildman–Crippen LogP) is 1.29. The van der Waals surface area contributed by atoms with E-state index in [1.165, 1.54) is 0 Å². The van der Waals surface area contributed by atoms with Crippen molar-refractivity contribution in [2.45, 2.75) is 6.92 Å². The van der Waals surface area contributed by atoms with E-state index < -0.39 is 0 Å². The van der Waals surface area contributed by atoms with Crippen molar-refractivity contribution in [3.05, 3.63) is 42.0 Å². The van der Waals surface area contributed by atoms with Gasteiger partial charge in [0.15, 0.2) is 5.65 Å². The van der Waals surface area contributed by atoms with Gasteiger partial charge < -0.3 is 10.0 Å². The Labute approximate surface area is 105 Å². The number of fused-ring (bicyclic) bond motifs is 3. The van der Waals surface area contributed by atoms with Gasteiger partial charge in [-0.25, -0.2) is 9.50 Å². The minimum absolute atomic E-state index is 0.0925. The molecule has 0 saturated carbocycles. The molecule has 92 valence electrons. The summed E-state index contributed by atoms with van der Waals surface area (Å²) in [5.41, 5.74) is 4.53. The lowest BCUT2D eigenvalue weighted by Crippen LogP contribution is -2.23. The third-order valence-electron chi connectivity index (χ3n) is 3.05. The van der Waals surface area contributed by atoms with Crippen LogP contribution >= 0.6 is 0 Å². The molecule has 1 aliphatic heterocycles. The number of aliphatic hydroxyl groups is 1. The van der Waals surface area contributed by atoms with Gasteiger partial charge in [-0.1, -0.05) is 6.58 Å². The van der Waals surface area contributed by atoms with Gasteiger partial charge in [0.25, 0.3) is 0 Å². The molecule has 0 bridgehead atoms. The zero-order valence-corrected chi connectivity index (χ0v) is 10.2. The fourth-order valence-electron chi connectivity index (χ4n) is 2.17. The first-order valence-electron chi connectivity index (χ1n) is 5.81. The largest absolute Gasteiger partial charge is 0.395 e. The third-order valence-corrected chi connectivity index (χ3v) is 3.05. The molecular formula is C13H14N4O. The Bertz CT molecular complexity index is 656. The highest BCUT2D eigenvalue weighted by atomic mass is 16.3. The second-order valence-electron chi connectivity index (χ2n) is 4.29. The first-order chi connectivity index (χ1) is 8.70. The van der Waals surface area contributed by atoms with E-state index in [-0.39, 0.29) is 6.61 Å². The molecule has 1 N–H and O–H groups in total. The van der Waals surface area contributed by atoms with E-state index >= 15 is 0 Å². The summed E-state index contributed by atoms with van der Waals surface area (Å²) in [6.45, 7) is 6.62. The fraction of sp³-hybridized carbons (Fsp3) is 0.231. The highest BCUT2D eigenvalue weighted by Gasteiger charge is 2.18. The summed E-state index contributed by atoms with van der Waals surface area (Å²) in [5.74, 6) is 0. The number of β-amino-alcohol motifs (C(OH)–C–C–N with tert-alkyl or cyclic N) is 1. The number of nitrogens with zero attached hydrogens (tertiary/aromatic N) is 4. The lowest BCUT2D eigenvalue weighted by molar-refractivity contribution is 0.267. The van der Waals surface area contributed by atoms with Crippen molar-refractivity contribution in [3.8, 4) is 0 Å². The number of aliphatic hydroxyl groups excluding tert-OH is 1. The quantitative estimate of drug-likeness (QED) is 0.862. The van der Waals surface area contributed by atoms with Crippen LogP contribution in [0.15, 0.2) is 25.0 Å². The van der Waals surface area contributed by atoms with Crippen molar-refractivity contribution in [1.29, 1.82) is 0 Å². The van der Waals surface area contributed by atoms with Crippen LogP contribution in [0.25, 0.3) is 17.4 Å². The molecular weight excluding hydrogens is 228 g/mol. The van der Waals surface area contributed by atoms with Crippen LogP contribution in [0.2, 0.25) is 0 Å². The van der Waals surface area contributed by atoms with E-state index in [1.54, 1.807) is 0 Å². The van der Waals surface area contributed by atoms with Crippen molar-refractivity contribution < 1.29 is 5.11 Å². The highest BCUT2D eigenvalue weighted by Crippen LogP contribution is 2.27. The SMILES string of the molecule is C=C1c2cnc3cc(C)nn3c2C=CN1CCO. The molecule has 0 spiro atoms. The van der Waals surface area contributed by atoms with Crippen molar-refractivity contribution in [2.24, 2.45) is 0 Å². The van der Waals surface area contributed by atoms with E-state index in [0.717, 1.165) is 28.3 Å². The molecule has 5 heteroatoms. The monoisotopic (exact) mass is 242 g/mol. The van der Waals surface area contributed by atoms with Gasteiger partial charge in [-0.15, -0.1) is 0 Å². The fourth-order valence-corrected chi connectivity index (χ4v) is 2.17. The van der Waals surface area contributed by atoms with Gasteiger partial charge in [0.05, 0.1) is 18.0 Å². The van der Waals surface area contributed by atoms with Gasteiger partial charge >= 0.3 is 0 Å². The van der Waals surface area contributed by atoms with Crippen molar-refractivity contribution in [2.75, 3.05) is 13.2 Å². The Balaban J connectivity index is 2.17. The molecule has 3 rings (SSSR count). The highest BCUT2D eigenvalue weighted by molar-refractivity contribution is 5.75. The zero-order chi connectivity index (χ0) is 12.7. The number of aryl methyl sites for hydroxylation is 1. The molecule has 0 aliphatic carbocycles. The number of hydrogen-bond acceptors (Lipinski definition) is 4. The number of rotatable bonds is 2. The van der Waals surface area contributed by atoms with Crippen LogP contribution in [-0.4, -0.2) is 37.8 Å². The summed E-state index contributed by atoms with van der Waals surface area (Å²) in [5, 5.41) is 13.4. The molecule has 3 heterocycles. The van der Waals surface area contributed by atoms with Gasteiger partial charge in [-0.3, -0.25) is 0 Å². The molecule has 2 aromatic rings. The van der Waals surface area contributed by atoms with Gasteiger partial charge in [-0.05, 0) is 13.0 Å². The van der Waals surface area contributed by atoms with Crippen LogP contribution in [0, 0.1) is 6.92 Å². The van der Waals surface area contributed by atoms with Crippen LogP contribution in [0.4, 0.5) is 0 Å². The standard InChI is InChI=1S/C13H14N4O/c1-9-7-13-14-8-11-10(2)16(5-6-18)4-3-12(11)17(13)15-9/h3-4,7-8,18H,2,5-6H2,1H3. The lowest BCUT2D eigenvalue weighted by Gasteiger charge is -2.26. The molecule has 0 saturated heterocycles. The molecule has 0 atom stereocenters. The summed E-state index contributed by atoms with van der Waals surface area (Å²) in [7, 11) is 0. The maximum atomic E-state index is 9.01. The maximum Gasteiger partial charge on any atom is 0.155 e. The number of aromatic nitrogens is 3. The van der Waals surface area contributed by atoms with E-state index in [1.807, 2.05) is 40.9 Å². The van der Waals surface area contributed by atoms with Gasteiger partial charge in [-0.2, -0.15) is 5.10 Å². The first kappa shape index (κ1) is 11.0. The van der Waals surface area contributed by atoms with E-state index in [2.05, 4.69) is 16.7 Å². The zero-order valence-electron chi connectivity index (χ0n) is 10.2. The summed E-state index contributed by atoms with van der Waals surface area (Å²) in [6, 6.07) is 1.94. The van der Waals surface area contributed by atoms with Gasteiger partial charge in [0, 0.05) is 36.3 Å². The predicted molar refractivity (Wildman–Crippen MR) is 69.6 cm³/mol. The van der Waals surface area contributed by atoms with Crippen LogP contribution in [-0.2, 0) is 0 Å². The second kappa shape index (κ2) is 3.96. The molecule has 5 nitrogen and oxygen atoms in total. The van der Waals surface area contributed by atoms with Crippen LogP contribution in [0.1, 0.15) is 17.0 Å². The molecule has 0 amide bonds. The average molecular weight is 242 g/mol. The van der Waals surface area contributed by atoms with Crippen LogP contribution < -0.4 is 0 Å². The molecule has 2 aromatic heterocycles. The minimum atomic E-state index is 0.0925. The molecule has 1 aliphatic rings. The van der Waals surface area contributed by atoms with Gasteiger partial charge in [0.1, 0.15) is 0 Å². The number of hydrogen-bond donors (Lipinski definition) is 1. The summed E-state index contributed by atoms with van der Waals surface area (Å²) < 4.78 is 1.82. The Hall–Kier alpha value is -2.14. The Morgan fingerprint density at radius 3 is 3.06 bits per heavy atom. The van der Waals surface area contributed by atoms with Crippen LogP contribution in [0.3, 0.4) is 0 Å². The minimum Gasteiger partial charge on any atom is -0.395 e. The van der Waals surface area contributed by atoms with Crippen LogP contribution in [0.5, 0.6) is 0 Å². The van der Waals surface area contributed by atoms with Crippen molar-refractivity contribution >= 4 is 17.4 Å². The summed E-state index contributed by atoms with van der Waals surface area (Å²) in [4.78, 5) is 6.29. The van der Waals surface area contributed by atoms with Crippen molar-refractivity contribution in [1.82, 2.24) is 19.5 Å². The summed E-state index contributed by atoms with van der Waals surface area (Å²) in [6.07, 6.45) is 5.69. The molecule has 0 aromatic carbocycles. The summed E-state index contributed by atoms with van der Waals surface area (Å²) >= 11 is 0. The lowest BCUT2D eigenvalue weighted by atomic mass is 10.1. The molecule has 0 radical (unpaired) electrons. The smallest absolute Gasteiger partial charge is 0.155 e. The maximum absolute atomic E-state index is 9.01. The molecule has 0 unspecified atom stereocenters. The van der Waals surface area contributed by atoms with E-state index in [0.29, 0.717) is 6.54 Å². The van der Waals surface area contributed by atoms with Gasteiger partial charge in [0.2, 0.25) is 0 Å². The third kappa shape index (κ3) is 1.52. The Morgan fingerprint density at radius 2 is 2.28 bits per heavy atom. The molecule has 0 fully saturated rings. The Morgan fingerprint density at radius 1 is 1.44 bits per heavy atom.